The molecule has 0 saturated carbocycles. The minimum atomic E-state index is -0.234. The van der Waals surface area contributed by atoms with Crippen LogP contribution in [0.5, 0.6) is 0 Å². The molecular formula is C21H14Cl2N2OS2. The molecule has 4 rings (SSSR count). The summed E-state index contributed by atoms with van der Waals surface area (Å²) >= 11 is 15.6. The first-order chi connectivity index (χ1) is 13.6. The molecule has 0 radical (unpaired) electrons. The monoisotopic (exact) mass is 444 g/mol. The Labute approximate surface area is 180 Å². The molecule has 3 nitrogen and oxygen atoms in total. The molecule has 3 aromatic carbocycles. The lowest BCUT2D eigenvalue weighted by molar-refractivity contribution is 0.102. The van der Waals surface area contributed by atoms with Crippen LogP contribution in [0, 0.1) is 0 Å². The molecule has 140 valence electrons. The van der Waals surface area contributed by atoms with Gasteiger partial charge >= 0.3 is 0 Å². The number of carbonyl (C=O) groups excluding carboxylic acids is 1. The van der Waals surface area contributed by atoms with Crippen molar-refractivity contribution in [2.24, 2.45) is 0 Å². The van der Waals surface area contributed by atoms with Crippen molar-refractivity contribution >= 4 is 68.1 Å². The first-order valence-electron chi connectivity index (χ1n) is 8.43. The van der Waals surface area contributed by atoms with E-state index in [-0.39, 0.29) is 5.91 Å². The van der Waals surface area contributed by atoms with Crippen molar-refractivity contribution in [1.29, 1.82) is 0 Å². The molecule has 0 aliphatic heterocycles. The number of thiazole rings is 1. The number of benzene rings is 3. The number of nitrogens with zero attached hydrogens (tertiary/aromatic N) is 1. The summed E-state index contributed by atoms with van der Waals surface area (Å²) in [5, 5.41) is 4.09. The molecule has 0 unspecified atom stereocenters. The zero-order valence-corrected chi connectivity index (χ0v) is 17.6. The molecule has 1 amide bonds. The topological polar surface area (TPSA) is 42.0 Å². The van der Waals surface area contributed by atoms with E-state index in [1.807, 2.05) is 42.5 Å². The van der Waals surface area contributed by atoms with Gasteiger partial charge in [-0.3, -0.25) is 4.79 Å². The largest absolute Gasteiger partial charge is 0.322 e. The number of thioether (sulfide) groups is 1. The summed E-state index contributed by atoms with van der Waals surface area (Å²) in [6, 6.07) is 20.5. The van der Waals surface area contributed by atoms with E-state index in [4.69, 9.17) is 23.2 Å². The number of anilines is 1. The summed E-state index contributed by atoms with van der Waals surface area (Å²) < 4.78 is 1.98. The lowest BCUT2D eigenvalue weighted by atomic mass is 10.2. The van der Waals surface area contributed by atoms with E-state index in [2.05, 4.69) is 10.3 Å². The third-order valence-electron chi connectivity index (χ3n) is 4.05. The van der Waals surface area contributed by atoms with E-state index in [9.17, 15) is 4.79 Å². The van der Waals surface area contributed by atoms with Crippen LogP contribution in [0.3, 0.4) is 0 Å². The molecule has 0 saturated heterocycles. The van der Waals surface area contributed by atoms with Crippen LogP contribution >= 0.6 is 46.3 Å². The Bertz CT molecular complexity index is 1160. The molecule has 0 atom stereocenters. The predicted molar refractivity (Wildman–Crippen MR) is 120 cm³/mol. The molecule has 0 aliphatic rings. The molecule has 1 heterocycles. The lowest BCUT2D eigenvalue weighted by Crippen LogP contribution is -2.12. The highest BCUT2D eigenvalue weighted by atomic mass is 35.5. The maximum atomic E-state index is 12.4. The fourth-order valence-electron chi connectivity index (χ4n) is 2.64. The van der Waals surface area contributed by atoms with E-state index >= 15 is 0 Å². The standard InChI is InChI=1S/C21H14Cl2N2OS2/c22-16-7-3-1-5-13(16)12-27-21-25-18-10-9-14(11-19(18)28-21)24-20(26)15-6-2-4-8-17(15)23/h1-11H,12H2,(H,24,26). The number of fused-ring (bicyclic) bond motifs is 1. The van der Waals surface area contributed by atoms with E-state index in [1.165, 1.54) is 0 Å². The van der Waals surface area contributed by atoms with Gasteiger partial charge in [0, 0.05) is 16.5 Å². The second kappa shape index (κ2) is 8.53. The average Bonchev–Trinajstić information content (AvgIpc) is 3.10. The van der Waals surface area contributed by atoms with E-state index in [1.54, 1.807) is 47.4 Å². The quantitative estimate of drug-likeness (QED) is 0.332. The average molecular weight is 445 g/mol. The van der Waals surface area contributed by atoms with Crippen molar-refractivity contribution in [2.45, 2.75) is 10.1 Å². The Balaban J connectivity index is 1.49. The van der Waals surface area contributed by atoms with Gasteiger partial charge in [0.15, 0.2) is 4.34 Å². The Morgan fingerprint density at radius 2 is 1.75 bits per heavy atom. The van der Waals surface area contributed by atoms with Gasteiger partial charge < -0.3 is 5.32 Å². The highest BCUT2D eigenvalue weighted by molar-refractivity contribution is 8.00. The smallest absolute Gasteiger partial charge is 0.257 e. The third-order valence-corrected chi connectivity index (χ3v) is 6.96. The number of aromatic nitrogens is 1. The van der Waals surface area contributed by atoms with Crippen LogP contribution in [0.25, 0.3) is 10.2 Å². The molecule has 1 N–H and O–H groups in total. The fraction of sp³-hybridized carbons (Fsp3) is 0.0476. The maximum Gasteiger partial charge on any atom is 0.257 e. The van der Waals surface area contributed by atoms with Gasteiger partial charge in [0.2, 0.25) is 0 Å². The molecule has 28 heavy (non-hydrogen) atoms. The normalized spacial score (nSPS) is 10.9. The van der Waals surface area contributed by atoms with E-state index in [0.717, 1.165) is 30.9 Å². The summed E-state index contributed by atoms with van der Waals surface area (Å²) in [5.41, 5.74) is 3.15. The highest BCUT2D eigenvalue weighted by Crippen LogP contribution is 2.34. The number of carbonyl (C=O) groups is 1. The van der Waals surface area contributed by atoms with Gasteiger partial charge in [-0.1, -0.05) is 65.3 Å². The fourth-order valence-corrected chi connectivity index (χ4v) is 5.26. The molecule has 1 aromatic heterocycles. The van der Waals surface area contributed by atoms with Crippen molar-refractivity contribution in [3.8, 4) is 0 Å². The summed E-state index contributed by atoms with van der Waals surface area (Å²) in [4.78, 5) is 17.1. The third kappa shape index (κ3) is 4.33. The van der Waals surface area contributed by atoms with Gasteiger partial charge in [-0.2, -0.15) is 0 Å². The Hall–Kier alpha value is -2.05. The zero-order valence-electron chi connectivity index (χ0n) is 14.5. The Morgan fingerprint density at radius 3 is 2.54 bits per heavy atom. The van der Waals surface area contributed by atoms with Crippen LogP contribution in [0.15, 0.2) is 71.1 Å². The summed E-state index contributed by atoms with van der Waals surface area (Å²) in [7, 11) is 0. The van der Waals surface area contributed by atoms with Crippen molar-refractivity contribution in [1.82, 2.24) is 4.98 Å². The second-order valence-electron chi connectivity index (χ2n) is 5.98. The van der Waals surface area contributed by atoms with Gasteiger partial charge in [0.25, 0.3) is 5.91 Å². The van der Waals surface area contributed by atoms with E-state index < -0.39 is 0 Å². The number of rotatable bonds is 5. The summed E-state index contributed by atoms with van der Waals surface area (Å²) in [6.45, 7) is 0. The minimum Gasteiger partial charge on any atom is -0.322 e. The molecular weight excluding hydrogens is 431 g/mol. The van der Waals surface area contributed by atoms with Gasteiger partial charge in [-0.05, 0) is 42.0 Å². The number of halogens is 2. The highest BCUT2D eigenvalue weighted by Gasteiger charge is 2.11. The molecule has 7 heteroatoms. The molecule has 0 fully saturated rings. The Kier molecular flexibility index (Phi) is 5.87. The zero-order chi connectivity index (χ0) is 19.5. The number of nitrogens with one attached hydrogen (secondary N) is 1. The number of hydrogen-bond acceptors (Lipinski definition) is 4. The van der Waals surface area contributed by atoms with E-state index in [0.29, 0.717) is 16.3 Å². The van der Waals surface area contributed by atoms with Crippen LogP contribution in [0.4, 0.5) is 5.69 Å². The van der Waals surface area contributed by atoms with Crippen molar-refractivity contribution in [2.75, 3.05) is 5.32 Å². The van der Waals surface area contributed by atoms with Crippen LogP contribution in [-0.4, -0.2) is 10.9 Å². The first-order valence-corrected chi connectivity index (χ1v) is 11.0. The molecule has 4 aromatic rings. The SMILES string of the molecule is O=C(Nc1ccc2nc(SCc3ccccc3Cl)sc2c1)c1ccccc1Cl. The molecule has 0 aliphatic carbocycles. The van der Waals surface area contributed by atoms with Crippen molar-refractivity contribution in [3.63, 3.8) is 0 Å². The molecule has 0 spiro atoms. The number of amides is 1. The van der Waals surface area contributed by atoms with Gasteiger partial charge in [0.05, 0.1) is 20.8 Å². The molecule has 0 bridgehead atoms. The van der Waals surface area contributed by atoms with Gasteiger partial charge in [-0.15, -0.1) is 11.3 Å². The summed E-state index contributed by atoms with van der Waals surface area (Å²) in [6.07, 6.45) is 0. The second-order valence-corrected chi connectivity index (χ2v) is 9.04. The minimum absolute atomic E-state index is 0.234. The van der Waals surface area contributed by atoms with Crippen LogP contribution < -0.4 is 5.32 Å². The van der Waals surface area contributed by atoms with Crippen molar-refractivity contribution in [3.05, 3.63) is 87.9 Å². The van der Waals surface area contributed by atoms with Crippen LogP contribution in [-0.2, 0) is 5.75 Å². The predicted octanol–water partition coefficient (Wildman–Crippen LogP) is 7.15. The summed E-state index contributed by atoms with van der Waals surface area (Å²) in [5.74, 6) is 0.526. The van der Waals surface area contributed by atoms with Crippen LogP contribution in [0.1, 0.15) is 15.9 Å². The Morgan fingerprint density at radius 1 is 1.00 bits per heavy atom. The lowest BCUT2D eigenvalue weighted by Gasteiger charge is -2.06. The van der Waals surface area contributed by atoms with Gasteiger partial charge in [-0.25, -0.2) is 4.98 Å². The first kappa shape index (κ1) is 19.3. The maximum absolute atomic E-state index is 12.4. The number of hydrogen-bond donors (Lipinski definition) is 1. The van der Waals surface area contributed by atoms with Crippen molar-refractivity contribution < 1.29 is 4.79 Å². The van der Waals surface area contributed by atoms with Gasteiger partial charge in [0.1, 0.15) is 0 Å². The van der Waals surface area contributed by atoms with Crippen LogP contribution in [0.2, 0.25) is 10.0 Å².